The summed E-state index contributed by atoms with van der Waals surface area (Å²) in [7, 11) is 1.48. The second-order valence-electron chi connectivity index (χ2n) is 4.66. The molecule has 0 saturated carbocycles. The van der Waals surface area contributed by atoms with Gasteiger partial charge in [-0.3, -0.25) is 4.79 Å². The van der Waals surface area contributed by atoms with Crippen molar-refractivity contribution in [2.24, 2.45) is 0 Å². The maximum Gasteiger partial charge on any atom is 0.224 e. The summed E-state index contributed by atoms with van der Waals surface area (Å²) in [5.41, 5.74) is 1.36. The first kappa shape index (κ1) is 16.5. The number of rotatable bonds is 5. The van der Waals surface area contributed by atoms with Gasteiger partial charge in [0.2, 0.25) is 5.91 Å². The van der Waals surface area contributed by atoms with E-state index in [2.05, 4.69) is 5.32 Å². The number of carbonyl (C=O) groups is 1. The topological polar surface area (TPSA) is 58.6 Å². The van der Waals surface area contributed by atoms with E-state index in [4.69, 9.17) is 27.9 Å². The van der Waals surface area contributed by atoms with E-state index < -0.39 is 0 Å². The number of hydrogen-bond acceptors (Lipinski definition) is 3. The van der Waals surface area contributed by atoms with Gasteiger partial charge in [0.05, 0.1) is 13.5 Å². The van der Waals surface area contributed by atoms with Crippen LogP contribution in [0.1, 0.15) is 11.1 Å². The minimum absolute atomic E-state index is 0.0309. The molecule has 0 heterocycles. The van der Waals surface area contributed by atoms with Crippen LogP contribution in [0.25, 0.3) is 0 Å². The molecule has 22 heavy (non-hydrogen) atoms. The first-order valence-corrected chi connectivity index (χ1v) is 7.32. The van der Waals surface area contributed by atoms with Crippen LogP contribution in [-0.2, 0) is 17.8 Å². The minimum Gasteiger partial charge on any atom is -0.504 e. The third-order valence-electron chi connectivity index (χ3n) is 3.13. The number of halogens is 2. The maximum atomic E-state index is 12.0. The number of phenolic OH excluding ortho intramolecular Hbond substituents is 1. The lowest BCUT2D eigenvalue weighted by Gasteiger charge is -2.09. The fraction of sp³-hybridized carbons (Fsp3) is 0.188. The van der Waals surface area contributed by atoms with Crippen LogP contribution in [0.15, 0.2) is 36.4 Å². The predicted octanol–water partition coefficient (Wildman–Crippen LogP) is 3.57. The van der Waals surface area contributed by atoms with Crippen LogP contribution >= 0.6 is 23.2 Å². The Hall–Kier alpha value is -1.91. The summed E-state index contributed by atoms with van der Waals surface area (Å²) < 4.78 is 4.96. The molecular weight excluding hydrogens is 325 g/mol. The predicted molar refractivity (Wildman–Crippen MR) is 86.7 cm³/mol. The number of methoxy groups -OCH3 is 1. The molecule has 0 radical (unpaired) electrons. The summed E-state index contributed by atoms with van der Waals surface area (Å²) in [4.78, 5) is 12.0. The number of aromatic hydroxyl groups is 1. The van der Waals surface area contributed by atoms with E-state index in [0.29, 0.717) is 27.9 Å². The quantitative estimate of drug-likeness (QED) is 0.875. The van der Waals surface area contributed by atoms with Gasteiger partial charge in [-0.15, -0.1) is 0 Å². The van der Waals surface area contributed by atoms with Crippen molar-refractivity contribution in [3.63, 3.8) is 0 Å². The van der Waals surface area contributed by atoms with Crippen molar-refractivity contribution in [3.05, 3.63) is 57.6 Å². The molecule has 0 spiro atoms. The van der Waals surface area contributed by atoms with E-state index >= 15 is 0 Å². The fourth-order valence-corrected chi connectivity index (χ4v) is 2.50. The Morgan fingerprint density at radius 2 is 1.91 bits per heavy atom. The molecule has 6 heteroatoms. The zero-order valence-corrected chi connectivity index (χ0v) is 13.4. The monoisotopic (exact) mass is 339 g/mol. The molecule has 2 rings (SSSR count). The van der Waals surface area contributed by atoms with Crippen LogP contribution in [0.4, 0.5) is 0 Å². The molecule has 2 aromatic rings. The van der Waals surface area contributed by atoms with Crippen molar-refractivity contribution in [1.29, 1.82) is 0 Å². The summed E-state index contributed by atoms with van der Waals surface area (Å²) >= 11 is 12.1. The smallest absolute Gasteiger partial charge is 0.224 e. The average Bonchev–Trinajstić information content (AvgIpc) is 2.49. The van der Waals surface area contributed by atoms with E-state index in [1.54, 1.807) is 36.4 Å². The van der Waals surface area contributed by atoms with Crippen molar-refractivity contribution in [1.82, 2.24) is 5.32 Å². The van der Waals surface area contributed by atoms with Crippen LogP contribution in [-0.4, -0.2) is 18.1 Å². The van der Waals surface area contributed by atoms with E-state index in [-0.39, 0.29) is 18.1 Å². The Bertz CT molecular complexity index is 669. The third kappa shape index (κ3) is 4.06. The molecule has 0 saturated heterocycles. The number of carbonyl (C=O) groups excluding carboxylic acids is 1. The second-order valence-corrected chi connectivity index (χ2v) is 5.47. The normalized spacial score (nSPS) is 10.3. The first-order chi connectivity index (χ1) is 10.5. The molecule has 0 aliphatic carbocycles. The SMILES string of the molecule is COc1ccc(CNC(=O)Cc2c(Cl)cccc2Cl)cc1O. The lowest BCUT2D eigenvalue weighted by Crippen LogP contribution is -2.24. The van der Waals surface area contributed by atoms with Gasteiger partial charge >= 0.3 is 0 Å². The highest BCUT2D eigenvalue weighted by molar-refractivity contribution is 6.36. The molecule has 0 aromatic heterocycles. The maximum absolute atomic E-state index is 12.0. The Balaban J connectivity index is 1.97. The fourth-order valence-electron chi connectivity index (χ4n) is 1.97. The molecule has 0 bridgehead atoms. The van der Waals surface area contributed by atoms with Crippen molar-refractivity contribution >= 4 is 29.1 Å². The van der Waals surface area contributed by atoms with Gasteiger partial charge in [-0.05, 0) is 35.4 Å². The van der Waals surface area contributed by atoms with Gasteiger partial charge in [0, 0.05) is 16.6 Å². The lowest BCUT2D eigenvalue weighted by molar-refractivity contribution is -0.120. The Morgan fingerprint density at radius 1 is 1.23 bits per heavy atom. The van der Waals surface area contributed by atoms with Crippen LogP contribution in [0.5, 0.6) is 11.5 Å². The molecule has 2 N–H and O–H groups in total. The van der Waals surface area contributed by atoms with Crippen LogP contribution in [0, 0.1) is 0 Å². The highest BCUT2D eigenvalue weighted by Gasteiger charge is 2.11. The molecule has 116 valence electrons. The number of phenols is 1. The van der Waals surface area contributed by atoms with E-state index in [1.807, 2.05) is 0 Å². The van der Waals surface area contributed by atoms with E-state index in [9.17, 15) is 9.90 Å². The van der Waals surface area contributed by atoms with Gasteiger partial charge in [-0.1, -0.05) is 35.3 Å². The number of ether oxygens (including phenoxy) is 1. The van der Waals surface area contributed by atoms with Gasteiger partial charge in [-0.2, -0.15) is 0 Å². The van der Waals surface area contributed by atoms with Crippen molar-refractivity contribution in [2.45, 2.75) is 13.0 Å². The molecule has 0 aliphatic rings. The van der Waals surface area contributed by atoms with Crippen LogP contribution < -0.4 is 10.1 Å². The number of benzene rings is 2. The van der Waals surface area contributed by atoms with Crippen LogP contribution in [0.2, 0.25) is 10.0 Å². The summed E-state index contributed by atoms with van der Waals surface area (Å²) in [6.45, 7) is 0.290. The summed E-state index contributed by atoms with van der Waals surface area (Å²) in [6, 6.07) is 10.1. The molecular formula is C16H15Cl2NO3. The molecule has 0 fully saturated rings. The highest BCUT2D eigenvalue weighted by Crippen LogP contribution is 2.26. The lowest BCUT2D eigenvalue weighted by atomic mass is 10.1. The molecule has 0 unspecified atom stereocenters. The summed E-state index contributed by atoms with van der Waals surface area (Å²) in [6.07, 6.45) is 0.0979. The molecule has 4 nitrogen and oxygen atoms in total. The van der Waals surface area contributed by atoms with Crippen LogP contribution in [0.3, 0.4) is 0 Å². The van der Waals surface area contributed by atoms with Gasteiger partial charge in [0.15, 0.2) is 11.5 Å². The zero-order chi connectivity index (χ0) is 16.1. The Kier molecular flexibility index (Phi) is 5.52. The van der Waals surface area contributed by atoms with Crippen molar-refractivity contribution in [2.75, 3.05) is 7.11 Å². The molecule has 0 aliphatic heterocycles. The summed E-state index contributed by atoms with van der Waals surface area (Å²) in [5.74, 6) is 0.214. The van der Waals surface area contributed by atoms with Gasteiger partial charge in [-0.25, -0.2) is 0 Å². The molecule has 1 amide bonds. The van der Waals surface area contributed by atoms with Gasteiger partial charge < -0.3 is 15.2 Å². The van der Waals surface area contributed by atoms with Crippen molar-refractivity contribution < 1.29 is 14.6 Å². The number of nitrogens with one attached hydrogen (secondary N) is 1. The standard InChI is InChI=1S/C16H15Cl2NO3/c1-22-15-6-5-10(7-14(15)20)9-19-16(21)8-11-12(17)3-2-4-13(11)18/h2-7,20H,8-9H2,1H3,(H,19,21). The largest absolute Gasteiger partial charge is 0.504 e. The molecule has 0 atom stereocenters. The van der Waals surface area contributed by atoms with E-state index in [0.717, 1.165) is 5.56 Å². The minimum atomic E-state index is -0.203. The second kappa shape index (κ2) is 7.38. The summed E-state index contributed by atoms with van der Waals surface area (Å²) in [5, 5.41) is 13.4. The van der Waals surface area contributed by atoms with Crippen molar-refractivity contribution in [3.8, 4) is 11.5 Å². The zero-order valence-electron chi connectivity index (χ0n) is 11.9. The number of amides is 1. The van der Waals surface area contributed by atoms with E-state index in [1.165, 1.54) is 7.11 Å². The third-order valence-corrected chi connectivity index (χ3v) is 3.84. The Morgan fingerprint density at radius 3 is 2.50 bits per heavy atom. The highest BCUT2D eigenvalue weighted by atomic mass is 35.5. The number of hydrogen-bond donors (Lipinski definition) is 2. The van der Waals surface area contributed by atoms with Gasteiger partial charge in [0.25, 0.3) is 0 Å². The average molecular weight is 340 g/mol. The molecule has 2 aromatic carbocycles. The first-order valence-electron chi connectivity index (χ1n) is 6.56. The van der Waals surface area contributed by atoms with Gasteiger partial charge in [0.1, 0.15) is 0 Å². The Labute approximate surface area is 138 Å².